The summed E-state index contributed by atoms with van der Waals surface area (Å²) in [6, 6.07) is 13.9. The van der Waals surface area contributed by atoms with E-state index in [2.05, 4.69) is 48.3 Å². The van der Waals surface area contributed by atoms with Crippen LogP contribution in [0.4, 0.5) is 20.2 Å². The molecular weight excluding hydrogens is 1120 g/mol. The van der Waals surface area contributed by atoms with Crippen LogP contribution in [0.2, 0.25) is 20.4 Å². The minimum absolute atomic E-state index is 0.00144. The molecule has 0 radical (unpaired) electrons. The third-order valence-electron chi connectivity index (χ3n) is 20.6. The molecule has 9 N–H and O–H groups in total. The first-order valence-corrected chi connectivity index (χ1v) is 29.5. The van der Waals surface area contributed by atoms with Crippen LogP contribution in [0.1, 0.15) is 158 Å². The number of carboxylic acid groups (broad SMARTS) is 1. The quantitative estimate of drug-likeness (QED) is 0.0910. The van der Waals surface area contributed by atoms with Crippen LogP contribution in [-0.4, -0.2) is 56.5 Å². The van der Waals surface area contributed by atoms with Gasteiger partial charge in [-0.2, -0.15) is 0 Å². The number of rotatable bonds is 8. The lowest BCUT2D eigenvalue weighted by molar-refractivity contribution is -0.142. The maximum Gasteiger partial charge on any atom is 0.307 e. The zero-order valence-electron chi connectivity index (χ0n) is 45.8. The number of fused-ring (bicyclic) bond motifs is 6. The van der Waals surface area contributed by atoms with Crippen LogP contribution < -0.4 is 27.8 Å². The molecule has 0 saturated heterocycles. The number of ketones is 1. The smallest absolute Gasteiger partial charge is 0.307 e. The van der Waals surface area contributed by atoms with Crippen molar-refractivity contribution in [2.75, 3.05) is 10.6 Å². The lowest BCUT2D eigenvalue weighted by Gasteiger charge is -2.51. The van der Waals surface area contributed by atoms with Gasteiger partial charge in [-0.15, -0.1) is 0 Å². The zero-order chi connectivity index (χ0) is 58.5. The van der Waals surface area contributed by atoms with Crippen LogP contribution in [0.5, 0.6) is 0 Å². The van der Waals surface area contributed by atoms with Crippen molar-refractivity contribution in [1.29, 1.82) is 0 Å². The number of Topliss-reactive ketones (excluding diaryl/α,β-unsaturated/α-hetero) is 1. The lowest BCUT2D eigenvalue weighted by atomic mass is 9.51. The number of nitrogens with zero attached hydrogens (tertiary/aromatic N) is 2. The summed E-state index contributed by atoms with van der Waals surface area (Å²) in [6.07, 6.45) is 12.9. The van der Waals surface area contributed by atoms with Gasteiger partial charge in [-0.05, 0) is 176 Å². The molecule has 14 nitrogen and oxygen atoms in total. The Labute approximate surface area is 490 Å². The second-order valence-corrected chi connectivity index (χ2v) is 27.7. The second-order valence-electron chi connectivity index (χ2n) is 26.2. The molecule has 6 fully saturated rings. The molecule has 6 aliphatic carbocycles. The maximum atomic E-state index is 15.9. The van der Waals surface area contributed by atoms with Gasteiger partial charge in [0.05, 0.1) is 16.7 Å². The molecule has 2 aromatic carbocycles. The fourth-order valence-electron chi connectivity index (χ4n) is 16.2. The Bertz CT molecular complexity index is 3240. The summed E-state index contributed by atoms with van der Waals surface area (Å²) in [4.78, 5) is 85.0. The van der Waals surface area contributed by atoms with E-state index in [9.17, 15) is 33.9 Å². The van der Waals surface area contributed by atoms with E-state index >= 15 is 8.78 Å². The molecule has 2 aliphatic heterocycles. The van der Waals surface area contributed by atoms with Gasteiger partial charge in [0.2, 0.25) is 23.6 Å². The van der Waals surface area contributed by atoms with Gasteiger partial charge in [0.15, 0.2) is 21.9 Å². The normalized spacial score (nSPS) is 31.1. The number of primary amides is 2. The summed E-state index contributed by atoms with van der Waals surface area (Å²) >= 11 is 24.8. The van der Waals surface area contributed by atoms with E-state index in [1.807, 2.05) is 6.07 Å². The van der Waals surface area contributed by atoms with Crippen LogP contribution >= 0.6 is 46.4 Å². The van der Waals surface area contributed by atoms with Gasteiger partial charge in [-0.1, -0.05) is 86.2 Å². The SMILES string of the molecule is CC1(C)CCC2(CC1)C[C@@H](C(=O)CC1CC(C(N)=O)C1)[C@H](c1ccnc(Cl)c1F)[C@]21C(=O)Nc2cc(Cl)ccc21.CC1(C)CCC2(CC1)C[C@@H](C(=O)O)[C@H](c1ccnc(Cl)c1F)[C@]21C(=O)Nc2cc(Cl)ccc21.NC(=O)C1CC(N)C1. The van der Waals surface area contributed by atoms with E-state index in [-0.39, 0.29) is 98.3 Å². The number of pyridine rings is 2. The summed E-state index contributed by atoms with van der Waals surface area (Å²) in [7, 11) is 0. The molecule has 432 valence electrons. The highest BCUT2D eigenvalue weighted by molar-refractivity contribution is 6.32. The van der Waals surface area contributed by atoms with Crippen molar-refractivity contribution >= 4 is 93.2 Å². The number of carbonyl (C=O) groups is 6. The largest absolute Gasteiger partial charge is 0.481 e. The highest BCUT2D eigenvalue weighted by Gasteiger charge is 2.74. The number of nitrogens with two attached hydrogens (primary N) is 3. The Balaban J connectivity index is 0.000000162. The fraction of sp³-hybridized carbons (Fsp3) is 0.541. The van der Waals surface area contributed by atoms with Crippen LogP contribution in [0.15, 0.2) is 60.9 Å². The Hall–Kier alpha value is -5.26. The predicted octanol–water partition coefficient (Wildman–Crippen LogP) is 12.0. The van der Waals surface area contributed by atoms with Crippen LogP contribution in [0, 0.1) is 62.9 Å². The average Bonchev–Trinajstić information content (AvgIpc) is 2.20. The van der Waals surface area contributed by atoms with Crippen molar-refractivity contribution in [2.45, 2.75) is 153 Å². The molecule has 0 bridgehead atoms. The monoisotopic (exact) mass is 1190 g/mol. The molecule has 2 aromatic heterocycles. The Morgan fingerprint density at radius 3 is 1.40 bits per heavy atom. The predicted molar refractivity (Wildman–Crippen MR) is 306 cm³/mol. The molecule has 20 heteroatoms. The molecule has 4 spiro atoms. The maximum absolute atomic E-state index is 15.9. The molecule has 8 aliphatic rings. The van der Waals surface area contributed by atoms with Crippen molar-refractivity contribution in [3.8, 4) is 0 Å². The molecule has 0 unspecified atom stereocenters. The van der Waals surface area contributed by atoms with Crippen molar-refractivity contribution in [3.05, 3.63) is 115 Å². The number of halogens is 6. The van der Waals surface area contributed by atoms with Crippen LogP contribution in [0.25, 0.3) is 0 Å². The first kappa shape index (κ1) is 58.9. The summed E-state index contributed by atoms with van der Waals surface area (Å²) in [5.41, 5.74) is 15.4. The highest BCUT2D eigenvalue weighted by atomic mass is 35.5. The summed E-state index contributed by atoms with van der Waals surface area (Å²) in [5, 5.41) is 16.7. The number of amides is 4. The van der Waals surface area contributed by atoms with Gasteiger partial charge >= 0.3 is 5.97 Å². The third kappa shape index (κ3) is 9.81. The van der Waals surface area contributed by atoms with E-state index in [1.54, 1.807) is 36.4 Å². The van der Waals surface area contributed by atoms with Crippen molar-refractivity contribution in [2.24, 2.45) is 68.5 Å². The minimum Gasteiger partial charge on any atom is -0.481 e. The summed E-state index contributed by atoms with van der Waals surface area (Å²) < 4.78 is 31.4. The lowest BCUT2D eigenvalue weighted by Crippen LogP contribution is -2.52. The minimum atomic E-state index is -1.25. The number of nitrogens with one attached hydrogen (secondary N) is 2. The topological polar surface area (TPSA) is 251 Å². The Kier molecular flexibility index (Phi) is 15.6. The number of carbonyl (C=O) groups excluding carboxylic acids is 5. The number of hydrogen-bond donors (Lipinski definition) is 6. The highest BCUT2D eigenvalue weighted by Crippen LogP contribution is 2.74. The number of anilines is 2. The van der Waals surface area contributed by atoms with Gasteiger partial charge in [-0.3, -0.25) is 28.8 Å². The van der Waals surface area contributed by atoms with E-state index < -0.39 is 62.9 Å². The van der Waals surface area contributed by atoms with Gasteiger partial charge in [0.25, 0.3) is 0 Å². The van der Waals surface area contributed by atoms with Crippen LogP contribution in [0.3, 0.4) is 0 Å². The van der Waals surface area contributed by atoms with Gasteiger partial charge in [0.1, 0.15) is 5.78 Å². The number of aliphatic carboxylic acids is 1. The van der Waals surface area contributed by atoms with E-state index in [1.165, 1.54) is 18.5 Å². The van der Waals surface area contributed by atoms with Gasteiger partial charge < -0.3 is 32.9 Å². The molecule has 81 heavy (non-hydrogen) atoms. The van der Waals surface area contributed by atoms with Gasteiger partial charge in [0, 0.05) is 75.9 Å². The summed E-state index contributed by atoms with van der Waals surface area (Å²) in [5.74, 6) is -6.86. The van der Waals surface area contributed by atoms with Crippen molar-refractivity contribution in [3.63, 3.8) is 0 Å². The first-order chi connectivity index (χ1) is 38.1. The molecule has 4 heterocycles. The van der Waals surface area contributed by atoms with Crippen LogP contribution in [-0.2, 0) is 39.6 Å². The Morgan fingerprint density at radius 1 is 0.617 bits per heavy atom. The molecule has 6 saturated carbocycles. The molecule has 4 aromatic rings. The van der Waals surface area contributed by atoms with E-state index in [0.717, 1.165) is 56.9 Å². The summed E-state index contributed by atoms with van der Waals surface area (Å²) in [6.45, 7) is 8.85. The van der Waals surface area contributed by atoms with E-state index in [0.29, 0.717) is 59.1 Å². The average molecular weight is 1190 g/mol. The first-order valence-electron chi connectivity index (χ1n) is 28.0. The number of benzene rings is 2. The number of hydrogen-bond acceptors (Lipinski definition) is 9. The Morgan fingerprint density at radius 2 is 1.01 bits per heavy atom. The molecule has 6 atom stereocenters. The van der Waals surface area contributed by atoms with Crippen molar-refractivity contribution < 1.29 is 42.7 Å². The number of carboxylic acids is 1. The van der Waals surface area contributed by atoms with Crippen molar-refractivity contribution in [1.82, 2.24) is 9.97 Å². The number of aromatic nitrogens is 2. The zero-order valence-corrected chi connectivity index (χ0v) is 48.8. The standard InChI is InChI=1S/C31H34Cl2FN3O3.C25H25Cl2FN2O3.C5H10N2O/c1-29(2)6-8-30(9-7-29)15-20(23(38)13-16-11-17(12-16)27(35)39)24(19-5-10-36-26(33)25(19)34)31(30)21-4-3-18(32)14-22(21)37-28(31)40;1-23(2)6-8-24(9-7-23)12-15(21(31)32)18(14-5-10-29-20(27)19(14)28)25(24)16-4-3-13(26)11-17(16)30-22(25)33;6-4-1-3(2-4)5(7)8/h3-5,10,14,16-17,20,24H,6-9,11-13,15H2,1-2H3,(H2,35,39)(H,37,40);3-5,10-11,15,18H,6-9,12H2,1-2H3,(H,30,33)(H,31,32);3-4H,1-2,6H2,(H2,7,8)/t16?,17?,20-,24-,31+;15-,18+,25-;/m01./s1. The van der Waals surface area contributed by atoms with E-state index in [4.69, 9.17) is 63.6 Å². The molecule has 4 amide bonds. The fourth-order valence-corrected chi connectivity index (χ4v) is 16.9. The molecule has 12 rings (SSSR count). The second kappa shape index (κ2) is 21.4. The third-order valence-corrected chi connectivity index (χ3v) is 21.6. The van der Waals surface area contributed by atoms with Gasteiger partial charge in [-0.25, -0.2) is 18.7 Å². The molecular formula is C61H69Cl4F2N7O7.